The molecule has 1 amide bonds. The summed E-state index contributed by atoms with van der Waals surface area (Å²) in [6, 6.07) is 14.9. The van der Waals surface area contributed by atoms with E-state index in [-0.39, 0.29) is 23.1 Å². The van der Waals surface area contributed by atoms with Crippen molar-refractivity contribution in [2.75, 3.05) is 27.4 Å². The van der Waals surface area contributed by atoms with Crippen LogP contribution in [-0.4, -0.2) is 56.0 Å². The minimum atomic E-state index is -0.622. The molecule has 2 aliphatic heterocycles. The molecule has 0 spiro atoms. The molecule has 0 aromatic heterocycles. The van der Waals surface area contributed by atoms with E-state index >= 15 is 0 Å². The molecule has 0 N–H and O–H groups in total. The second-order valence-corrected chi connectivity index (χ2v) is 12.4. The van der Waals surface area contributed by atoms with E-state index in [1.165, 1.54) is 6.07 Å². The van der Waals surface area contributed by atoms with Gasteiger partial charge in [0.2, 0.25) is 0 Å². The molecule has 2 heterocycles. The number of benzene rings is 3. The Morgan fingerprint density at radius 3 is 2.35 bits per heavy atom. The number of carbonyl (C=O) groups excluding carboxylic acids is 1. The molecule has 0 radical (unpaired) electrons. The minimum Gasteiger partial charge on any atom is -0.497 e. The lowest BCUT2D eigenvalue weighted by Gasteiger charge is -2.35. The van der Waals surface area contributed by atoms with Gasteiger partial charge in [-0.2, -0.15) is 0 Å². The molecule has 8 nitrogen and oxygen atoms in total. The summed E-state index contributed by atoms with van der Waals surface area (Å²) in [6.07, 6.45) is 4.38. The molecule has 9 heteroatoms. The molecular weight excluding hydrogens is 551 g/mol. The van der Waals surface area contributed by atoms with E-state index in [1.807, 2.05) is 25.0 Å². The van der Waals surface area contributed by atoms with Crippen molar-refractivity contribution in [3.8, 4) is 34.5 Å². The minimum absolute atomic E-state index is 0.0302. The van der Waals surface area contributed by atoms with Gasteiger partial charge in [0.1, 0.15) is 22.8 Å². The van der Waals surface area contributed by atoms with E-state index in [9.17, 15) is 9.18 Å². The van der Waals surface area contributed by atoms with Gasteiger partial charge in [0.25, 0.3) is 5.91 Å². The molecule has 1 fully saturated rings. The molecule has 3 aromatic rings. The van der Waals surface area contributed by atoms with E-state index in [0.717, 1.165) is 19.4 Å². The van der Waals surface area contributed by atoms with Crippen molar-refractivity contribution in [2.45, 2.75) is 58.6 Å². The summed E-state index contributed by atoms with van der Waals surface area (Å²) in [4.78, 5) is 19.7. The van der Waals surface area contributed by atoms with Gasteiger partial charge in [0.15, 0.2) is 23.1 Å². The second-order valence-electron chi connectivity index (χ2n) is 12.4. The first-order valence-corrected chi connectivity index (χ1v) is 14.5. The summed E-state index contributed by atoms with van der Waals surface area (Å²) < 4.78 is 43.7. The molecule has 0 aliphatic carbocycles. The standard InChI is InChI=1S/C34H39FN2O6/c1-33(2,21-41-31-18-28-26(17-30(31)40-6)32(38)37-15-7-8-22(37)19-36-28)20-34(3,4)43-25-13-14-27(35)29(16-25)42-24-11-9-23(39-5)10-12-24/h9-14,16-19,22H,7-8,15,20-21H2,1-6H3. The number of halogens is 1. The normalized spacial score (nSPS) is 16.3. The predicted molar refractivity (Wildman–Crippen MR) is 163 cm³/mol. The third kappa shape index (κ3) is 7.04. The lowest BCUT2D eigenvalue weighted by Crippen LogP contribution is -2.37. The zero-order chi connectivity index (χ0) is 30.8. The number of aliphatic imine (C=N–C) groups is 1. The van der Waals surface area contributed by atoms with Crippen LogP contribution in [0.5, 0.6) is 34.5 Å². The van der Waals surface area contributed by atoms with E-state index in [2.05, 4.69) is 18.8 Å². The number of methoxy groups -OCH3 is 2. The Hall–Kier alpha value is -4.27. The predicted octanol–water partition coefficient (Wildman–Crippen LogP) is 7.61. The van der Waals surface area contributed by atoms with Gasteiger partial charge in [0, 0.05) is 30.3 Å². The lowest BCUT2D eigenvalue weighted by molar-refractivity contribution is 0.0357. The smallest absolute Gasteiger partial charge is 0.256 e. The molecule has 3 aromatic carbocycles. The van der Waals surface area contributed by atoms with E-state index in [4.69, 9.17) is 23.7 Å². The number of rotatable bonds is 11. The van der Waals surface area contributed by atoms with Crippen LogP contribution in [-0.2, 0) is 0 Å². The number of hydrogen-bond acceptors (Lipinski definition) is 7. The van der Waals surface area contributed by atoms with Gasteiger partial charge in [-0.3, -0.25) is 9.79 Å². The van der Waals surface area contributed by atoms with Crippen LogP contribution in [0, 0.1) is 11.2 Å². The van der Waals surface area contributed by atoms with E-state index in [1.54, 1.807) is 62.8 Å². The number of ether oxygens (including phenoxy) is 5. The zero-order valence-corrected chi connectivity index (χ0v) is 25.6. The molecule has 0 saturated carbocycles. The largest absolute Gasteiger partial charge is 0.497 e. The highest BCUT2D eigenvalue weighted by Gasteiger charge is 2.34. The van der Waals surface area contributed by atoms with Gasteiger partial charge in [-0.1, -0.05) is 13.8 Å². The van der Waals surface area contributed by atoms with Crippen molar-refractivity contribution in [3.05, 3.63) is 66.0 Å². The summed E-state index contributed by atoms with van der Waals surface area (Å²) in [5.41, 5.74) is 0.156. The van der Waals surface area contributed by atoms with Crippen LogP contribution in [0.4, 0.5) is 10.1 Å². The molecule has 43 heavy (non-hydrogen) atoms. The fraction of sp³-hybridized carbons (Fsp3) is 0.412. The summed E-state index contributed by atoms with van der Waals surface area (Å²) in [7, 11) is 3.15. The molecular formula is C34H39FN2O6. The fourth-order valence-corrected chi connectivity index (χ4v) is 5.85. The van der Waals surface area contributed by atoms with Gasteiger partial charge in [-0.15, -0.1) is 0 Å². The Kier molecular flexibility index (Phi) is 8.53. The average molecular weight is 591 g/mol. The van der Waals surface area contributed by atoms with E-state index in [0.29, 0.717) is 53.0 Å². The number of hydrogen-bond donors (Lipinski definition) is 0. The Balaban J connectivity index is 1.25. The van der Waals surface area contributed by atoms with E-state index < -0.39 is 11.4 Å². The molecule has 0 bridgehead atoms. The first-order chi connectivity index (χ1) is 20.5. The fourth-order valence-electron chi connectivity index (χ4n) is 5.85. The quantitative estimate of drug-likeness (QED) is 0.229. The zero-order valence-electron chi connectivity index (χ0n) is 25.6. The highest BCUT2D eigenvalue weighted by molar-refractivity contribution is 6.03. The first kappa shape index (κ1) is 30.2. The van der Waals surface area contributed by atoms with Crippen LogP contribution in [0.15, 0.2) is 59.6 Å². The average Bonchev–Trinajstić information content (AvgIpc) is 3.40. The Bertz CT molecular complexity index is 1500. The van der Waals surface area contributed by atoms with Crippen molar-refractivity contribution in [1.29, 1.82) is 0 Å². The van der Waals surface area contributed by atoms with Crippen molar-refractivity contribution >= 4 is 17.8 Å². The van der Waals surface area contributed by atoms with Crippen LogP contribution in [0.25, 0.3) is 0 Å². The summed E-state index contributed by atoms with van der Waals surface area (Å²) >= 11 is 0. The van der Waals surface area contributed by atoms with Crippen LogP contribution in [0.3, 0.4) is 0 Å². The SMILES string of the molecule is COc1ccc(Oc2cc(OC(C)(C)CC(C)(C)COc3cc4c(cc3OC)C(=O)N3CCCC3C=N4)ccc2F)cc1. The van der Waals surface area contributed by atoms with Crippen LogP contribution < -0.4 is 23.7 Å². The molecule has 228 valence electrons. The van der Waals surface area contributed by atoms with Crippen molar-refractivity contribution in [2.24, 2.45) is 10.4 Å². The molecule has 2 aliphatic rings. The van der Waals surface area contributed by atoms with Gasteiger partial charge in [-0.05, 0) is 75.6 Å². The molecule has 1 unspecified atom stereocenters. The number of amides is 1. The highest BCUT2D eigenvalue weighted by atomic mass is 19.1. The maximum absolute atomic E-state index is 14.6. The maximum Gasteiger partial charge on any atom is 0.256 e. The maximum atomic E-state index is 14.6. The van der Waals surface area contributed by atoms with Gasteiger partial charge < -0.3 is 28.6 Å². The number of fused-ring (bicyclic) bond motifs is 2. The Morgan fingerprint density at radius 2 is 1.63 bits per heavy atom. The van der Waals surface area contributed by atoms with Crippen LogP contribution in [0.1, 0.15) is 57.3 Å². The summed E-state index contributed by atoms with van der Waals surface area (Å²) in [5, 5.41) is 0. The summed E-state index contributed by atoms with van der Waals surface area (Å²) in [5.74, 6) is 2.22. The van der Waals surface area contributed by atoms with Gasteiger partial charge in [-0.25, -0.2) is 4.39 Å². The lowest BCUT2D eigenvalue weighted by atomic mass is 9.82. The van der Waals surface area contributed by atoms with Crippen molar-refractivity contribution in [1.82, 2.24) is 4.90 Å². The Morgan fingerprint density at radius 1 is 0.907 bits per heavy atom. The van der Waals surface area contributed by atoms with Gasteiger partial charge >= 0.3 is 0 Å². The Labute approximate surface area is 252 Å². The molecule has 1 saturated heterocycles. The third-order valence-corrected chi connectivity index (χ3v) is 7.56. The first-order valence-electron chi connectivity index (χ1n) is 14.5. The third-order valence-electron chi connectivity index (χ3n) is 7.56. The van der Waals surface area contributed by atoms with Crippen molar-refractivity contribution in [3.63, 3.8) is 0 Å². The monoisotopic (exact) mass is 590 g/mol. The van der Waals surface area contributed by atoms with Crippen LogP contribution in [0.2, 0.25) is 0 Å². The topological polar surface area (TPSA) is 78.8 Å². The number of nitrogens with zero attached hydrogens (tertiary/aromatic N) is 2. The summed E-state index contributed by atoms with van der Waals surface area (Å²) in [6.45, 7) is 9.24. The molecule has 1 atom stereocenters. The molecule has 5 rings (SSSR count). The highest BCUT2D eigenvalue weighted by Crippen LogP contribution is 2.40. The second kappa shape index (κ2) is 12.1. The van der Waals surface area contributed by atoms with Gasteiger partial charge in [0.05, 0.1) is 38.1 Å². The number of carbonyl (C=O) groups is 1. The van der Waals surface area contributed by atoms with Crippen molar-refractivity contribution < 1.29 is 32.9 Å². The van der Waals surface area contributed by atoms with Crippen LogP contribution >= 0.6 is 0 Å².